The van der Waals surface area contributed by atoms with Gasteiger partial charge in [-0.2, -0.15) is 0 Å². The Kier molecular flexibility index (Phi) is 3.46. The fourth-order valence-electron chi connectivity index (χ4n) is 3.17. The second-order valence-corrected chi connectivity index (χ2v) is 6.16. The third kappa shape index (κ3) is 2.80. The van der Waals surface area contributed by atoms with Crippen molar-refractivity contribution in [3.8, 4) is 0 Å². The predicted octanol–water partition coefficient (Wildman–Crippen LogP) is 0.733. The van der Waals surface area contributed by atoms with E-state index in [1.165, 1.54) is 0 Å². The van der Waals surface area contributed by atoms with Crippen molar-refractivity contribution in [2.75, 3.05) is 13.1 Å². The molecule has 1 aliphatic carbocycles. The number of aliphatic hydroxyl groups is 1. The summed E-state index contributed by atoms with van der Waals surface area (Å²) in [7, 11) is 0. The van der Waals surface area contributed by atoms with E-state index >= 15 is 0 Å². The molecule has 0 aromatic heterocycles. The van der Waals surface area contributed by atoms with Gasteiger partial charge in [-0.15, -0.1) is 0 Å². The quantitative estimate of drug-likeness (QED) is 0.710. The number of amides is 1. The van der Waals surface area contributed by atoms with Gasteiger partial charge in [0.1, 0.15) is 0 Å². The van der Waals surface area contributed by atoms with Crippen molar-refractivity contribution in [1.29, 1.82) is 0 Å². The van der Waals surface area contributed by atoms with Gasteiger partial charge in [-0.25, -0.2) is 0 Å². The molecule has 2 fully saturated rings. The molecule has 17 heavy (non-hydrogen) atoms. The van der Waals surface area contributed by atoms with Crippen LogP contribution >= 0.6 is 0 Å². The van der Waals surface area contributed by atoms with Crippen LogP contribution in [0.5, 0.6) is 0 Å². The number of rotatable bonds is 1. The molecule has 4 heteroatoms. The van der Waals surface area contributed by atoms with Gasteiger partial charge in [0.25, 0.3) is 0 Å². The second-order valence-electron chi connectivity index (χ2n) is 6.16. The molecular formula is C13H24N2O2. The maximum atomic E-state index is 12.4. The third-order valence-corrected chi connectivity index (χ3v) is 4.29. The molecule has 4 atom stereocenters. The molecule has 1 amide bonds. The molecular weight excluding hydrogens is 216 g/mol. The van der Waals surface area contributed by atoms with E-state index in [4.69, 9.17) is 5.73 Å². The van der Waals surface area contributed by atoms with Gasteiger partial charge >= 0.3 is 0 Å². The SMILES string of the molecule is CC1CC(N)CCC1C(=O)N1CCC(C)(O)C1. The van der Waals surface area contributed by atoms with Crippen LogP contribution in [-0.4, -0.2) is 40.6 Å². The zero-order valence-corrected chi connectivity index (χ0v) is 10.9. The molecule has 2 aliphatic rings. The van der Waals surface area contributed by atoms with Gasteiger partial charge in [0, 0.05) is 25.0 Å². The van der Waals surface area contributed by atoms with Gasteiger partial charge < -0.3 is 15.7 Å². The maximum Gasteiger partial charge on any atom is 0.226 e. The molecule has 0 radical (unpaired) electrons. The highest BCUT2D eigenvalue weighted by Crippen LogP contribution is 2.32. The molecule has 4 nitrogen and oxygen atoms in total. The van der Waals surface area contributed by atoms with Crippen LogP contribution in [0.25, 0.3) is 0 Å². The van der Waals surface area contributed by atoms with Gasteiger partial charge in [-0.05, 0) is 38.5 Å². The number of hydrogen-bond donors (Lipinski definition) is 2. The smallest absolute Gasteiger partial charge is 0.226 e. The Balaban J connectivity index is 1.96. The Bertz CT molecular complexity index is 304. The number of carbonyl (C=O) groups is 1. The van der Waals surface area contributed by atoms with Crippen LogP contribution in [0.4, 0.5) is 0 Å². The number of hydrogen-bond acceptors (Lipinski definition) is 3. The highest BCUT2D eigenvalue weighted by Gasteiger charge is 2.39. The minimum atomic E-state index is -0.691. The summed E-state index contributed by atoms with van der Waals surface area (Å²) in [4.78, 5) is 14.2. The maximum absolute atomic E-state index is 12.4. The number of nitrogens with zero attached hydrogens (tertiary/aromatic N) is 1. The van der Waals surface area contributed by atoms with Crippen molar-refractivity contribution in [1.82, 2.24) is 4.90 Å². The largest absolute Gasteiger partial charge is 0.388 e. The van der Waals surface area contributed by atoms with Crippen LogP contribution in [0.3, 0.4) is 0 Å². The summed E-state index contributed by atoms with van der Waals surface area (Å²) in [6.07, 6.45) is 3.49. The standard InChI is InChI=1S/C13H24N2O2/c1-9-7-10(14)3-4-11(9)12(16)15-6-5-13(2,17)8-15/h9-11,17H,3-8,14H2,1-2H3. The first kappa shape index (κ1) is 12.8. The van der Waals surface area contributed by atoms with Crippen LogP contribution in [-0.2, 0) is 4.79 Å². The number of carbonyl (C=O) groups excluding carboxylic acids is 1. The highest BCUT2D eigenvalue weighted by molar-refractivity contribution is 5.79. The van der Waals surface area contributed by atoms with Crippen molar-refractivity contribution in [2.24, 2.45) is 17.6 Å². The predicted molar refractivity (Wildman–Crippen MR) is 66.3 cm³/mol. The summed E-state index contributed by atoms with van der Waals surface area (Å²) in [5.41, 5.74) is 5.23. The number of nitrogens with two attached hydrogens (primary N) is 1. The number of likely N-dealkylation sites (tertiary alicyclic amines) is 1. The lowest BCUT2D eigenvalue weighted by atomic mass is 9.77. The van der Waals surface area contributed by atoms with Crippen molar-refractivity contribution in [3.05, 3.63) is 0 Å². The molecule has 2 rings (SSSR count). The summed E-state index contributed by atoms with van der Waals surface area (Å²) in [5.74, 6) is 0.711. The van der Waals surface area contributed by atoms with E-state index in [-0.39, 0.29) is 17.9 Å². The second kappa shape index (κ2) is 4.58. The summed E-state index contributed by atoms with van der Waals surface area (Å²) in [6.45, 7) is 5.11. The van der Waals surface area contributed by atoms with Crippen molar-refractivity contribution in [2.45, 2.75) is 51.2 Å². The van der Waals surface area contributed by atoms with Crippen LogP contribution in [0.1, 0.15) is 39.5 Å². The summed E-state index contributed by atoms with van der Waals surface area (Å²) in [5, 5.41) is 9.91. The van der Waals surface area contributed by atoms with Gasteiger partial charge in [0.2, 0.25) is 5.91 Å². The molecule has 0 bridgehead atoms. The fraction of sp³-hybridized carbons (Fsp3) is 0.923. The van der Waals surface area contributed by atoms with Crippen LogP contribution in [0.2, 0.25) is 0 Å². The zero-order valence-electron chi connectivity index (χ0n) is 10.9. The Morgan fingerprint density at radius 2 is 2.18 bits per heavy atom. The summed E-state index contributed by atoms with van der Waals surface area (Å²) < 4.78 is 0. The Hall–Kier alpha value is -0.610. The van der Waals surface area contributed by atoms with Crippen LogP contribution in [0, 0.1) is 11.8 Å². The van der Waals surface area contributed by atoms with E-state index in [9.17, 15) is 9.90 Å². The van der Waals surface area contributed by atoms with E-state index < -0.39 is 5.60 Å². The Morgan fingerprint density at radius 1 is 1.47 bits per heavy atom. The molecule has 1 saturated heterocycles. The normalized spacial score (nSPS) is 42.8. The molecule has 4 unspecified atom stereocenters. The summed E-state index contributed by atoms with van der Waals surface area (Å²) >= 11 is 0. The van der Waals surface area contributed by atoms with Gasteiger partial charge in [-0.1, -0.05) is 6.92 Å². The topological polar surface area (TPSA) is 66.6 Å². The lowest BCUT2D eigenvalue weighted by Crippen LogP contribution is -2.43. The third-order valence-electron chi connectivity index (χ3n) is 4.29. The minimum absolute atomic E-state index is 0.115. The molecule has 1 aliphatic heterocycles. The molecule has 1 heterocycles. The van der Waals surface area contributed by atoms with Crippen molar-refractivity contribution in [3.63, 3.8) is 0 Å². The first-order chi connectivity index (χ1) is 7.89. The van der Waals surface area contributed by atoms with Crippen molar-refractivity contribution < 1.29 is 9.90 Å². The Morgan fingerprint density at radius 3 is 2.71 bits per heavy atom. The molecule has 98 valence electrons. The summed E-state index contributed by atoms with van der Waals surface area (Å²) in [6, 6.07) is 0.260. The van der Waals surface area contributed by atoms with E-state index in [0.29, 0.717) is 25.4 Å². The average Bonchev–Trinajstić information content (AvgIpc) is 2.58. The van der Waals surface area contributed by atoms with E-state index in [1.807, 2.05) is 4.90 Å². The lowest BCUT2D eigenvalue weighted by Gasteiger charge is -2.34. The Labute approximate surface area is 103 Å². The molecule has 0 aromatic rings. The average molecular weight is 240 g/mol. The van der Waals surface area contributed by atoms with E-state index in [1.54, 1.807) is 6.92 Å². The molecule has 1 saturated carbocycles. The molecule has 0 spiro atoms. The van der Waals surface area contributed by atoms with E-state index in [0.717, 1.165) is 19.3 Å². The minimum Gasteiger partial charge on any atom is -0.388 e. The van der Waals surface area contributed by atoms with Gasteiger partial charge in [-0.3, -0.25) is 4.79 Å². The van der Waals surface area contributed by atoms with Crippen molar-refractivity contribution >= 4 is 5.91 Å². The van der Waals surface area contributed by atoms with Crippen LogP contribution < -0.4 is 5.73 Å². The number of β-amino-alcohol motifs (C(OH)–C–C–N with tert-alkyl or cyclic N) is 1. The monoisotopic (exact) mass is 240 g/mol. The van der Waals surface area contributed by atoms with Crippen LogP contribution in [0.15, 0.2) is 0 Å². The van der Waals surface area contributed by atoms with E-state index in [2.05, 4.69) is 6.92 Å². The fourth-order valence-corrected chi connectivity index (χ4v) is 3.17. The first-order valence-electron chi connectivity index (χ1n) is 6.66. The van der Waals surface area contributed by atoms with Gasteiger partial charge in [0.15, 0.2) is 0 Å². The highest BCUT2D eigenvalue weighted by atomic mass is 16.3. The first-order valence-corrected chi connectivity index (χ1v) is 6.66. The molecule has 3 N–H and O–H groups in total. The lowest BCUT2D eigenvalue weighted by molar-refractivity contribution is -0.138. The zero-order chi connectivity index (χ0) is 12.6. The van der Waals surface area contributed by atoms with Gasteiger partial charge in [0.05, 0.1) is 5.60 Å². The molecule has 0 aromatic carbocycles.